The Kier molecular flexibility index (Phi) is 32.1. The van der Waals surface area contributed by atoms with Crippen molar-refractivity contribution in [3.63, 3.8) is 0 Å². The van der Waals surface area contributed by atoms with E-state index in [4.69, 9.17) is 28.2 Å². The standard InChI is InChI=1S/C18H39BO6S3.BH3/c1-4-26-16-13-20-7-10-23-19(24-11-8-21-14-17-27-5-2)25-12-9-22-15-18-28-6-3;/h4-18H2,1-3H3;1H3. The van der Waals surface area contributed by atoms with Crippen LogP contribution in [0.15, 0.2) is 0 Å². The Morgan fingerprint density at radius 1 is 0.483 bits per heavy atom. The zero-order chi connectivity index (χ0) is 20.5. The minimum atomic E-state index is -0.712. The molecule has 0 unspecified atom stereocenters. The molecule has 0 amide bonds. The van der Waals surface area contributed by atoms with E-state index in [2.05, 4.69) is 20.8 Å². The van der Waals surface area contributed by atoms with E-state index in [0.717, 1.165) is 54.3 Å². The molecule has 0 atom stereocenters. The lowest BCUT2D eigenvalue weighted by atomic mass is 10.2. The molecule has 0 bridgehead atoms. The molecule has 0 radical (unpaired) electrons. The molecule has 0 aliphatic rings. The molecule has 0 aromatic heterocycles. The highest BCUT2D eigenvalue weighted by Gasteiger charge is 2.21. The highest BCUT2D eigenvalue weighted by atomic mass is 32.2. The molecule has 29 heavy (non-hydrogen) atoms. The van der Waals surface area contributed by atoms with Gasteiger partial charge >= 0.3 is 7.32 Å². The third kappa shape index (κ3) is 26.9. The molecule has 0 saturated heterocycles. The molecule has 6 nitrogen and oxygen atoms in total. The lowest BCUT2D eigenvalue weighted by Crippen LogP contribution is -2.31. The van der Waals surface area contributed by atoms with Crippen molar-refractivity contribution in [1.82, 2.24) is 0 Å². The van der Waals surface area contributed by atoms with Gasteiger partial charge < -0.3 is 28.2 Å². The van der Waals surface area contributed by atoms with E-state index in [1.54, 1.807) is 0 Å². The highest BCUT2D eigenvalue weighted by Crippen LogP contribution is 2.00. The van der Waals surface area contributed by atoms with Gasteiger partial charge in [0.2, 0.25) is 0 Å². The van der Waals surface area contributed by atoms with Crippen LogP contribution in [0.5, 0.6) is 0 Å². The molecule has 0 heterocycles. The van der Waals surface area contributed by atoms with Gasteiger partial charge in [0.25, 0.3) is 0 Å². The first-order valence-electron chi connectivity index (χ1n) is 10.2. The maximum Gasteiger partial charge on any atom is 0.639 e. The molecule has 174 valence electrons. The minimum absolute atomic E-state index is 0. The fourth-order valence-electron chi connectivity index (χ4n) is 1.85. The predicted molar refractivity (Wildman–Crippen MR) is 135 cm³/mol. The smallest absolute Gasteiger partial charge is 0.383 e. The van der Waals surface area contributed by atoms with Crippen molar-refractivity contribution < 1.29 is 28.2 Å². The van der Waals surface area contributed by atoms with Crippen molar-refractivity contribution in [2.45, 2.75) is 20.8 Å². The first-order valence-corrected chi connectivity index (χ1v) is 13.6. The molecular formula is C18H42B2O6S3. The molecule has 0 spiro atoms. The first kappa shape index (κ1) is 32.1. The molecule has 0 aromatic carbocycles. The van der Waals surface area contributed by atoms with E-state index < -0.39 is 7.32 Å². The van der Waals surface area contributed by atoms with Crippen LogP contribution in [-0.4, -0.2) is 110 Å². The van der Waals surface area contributed by atoms with Crippen LogP contribution in [0.3, 0.4) is 0 Å². The quantitative estimate of drug-likeness (QED) is 0.155. The van der Waals surface area contributed by atoms with Crippen LogP contribution < -0.4 is 0 Å². The largest absolute Gasteiger partial charge is 0.639 e. The van der Waals surface area contributed by atoms with Gasteiger partial charge in [-0.05, 0) is 17.3 Å². The molecular weight excluding hydrogens is 430 g/mol. The SMILES string of the molecule is B.CCSCCOCCOB(OCCOCCSCC)OCCOCCSCC. The van der Waals surface area contributed by atoms with E-state index in [1.165, 1.54) is 0 Å². The molecule has 0 rings (SSSR count). The van der Waals surface area contributed by atoms with Crippen molar-refractivity contribution in [2.75, 3.05) is 94.0 Å². The maximum atomic E-state index is 5.64. The zero-order valence-electron chi connectivity index (χ0n) is 17.9. The van der Waals surface area contributed by atoms with Crippen LogP contribution in [0, 0.1) is 0 Å². The zero-order valence-corrected chi connectivity index (χ0v) is 20.3. The Bertz CT molecular complexity index is 258. The second kappa shape index (κ2) is 28.9. The average molecular weight is 472 g/mol. The third-order valence-electron chi connectivity index (χ3n) is 3.17. The van der Waals surface area contributed by atoms with Gasteiger partial charge in [-0.2, -0.15) is 35.3 Å². The lowest BCUT2D eigenvalue weighted by molar-refractivity contribution is 0.0248. The minimum Gasteiger partial charge on any atom is -0.383 e. The highest BCUT2D eigenvalue weighted by molar-refractivity contribution is 7.99. The summed E-state index contributed by atoms with van der Waals surface area (Å²) in [5, 5.41) is 0. The van der Waals surface area contributed by atoms with Gasteiger partial charge in [0.1, 0.15) is 0 Å². The second-order valence-electron chi connectivity index (χ2n) is 5.33. The Balaban J connectivity index is 0. The number of hydrogen-bond donors (Lipinski definition) is 0. The summed E-state index contributed by atoms with van der Waals surface area (Å²) in [6.07, 6.45) is 0. The summed E-state index contributed by atoms with van der Waals surface area (Å²) in [5.74, 6) is 6.36. The number of thioether (sulfide) groups is 3. The Morgan fingerprint density at radius 2 is 0.793 bits per heavy atom. The van der Waals surface area contributed by atoms with Gasteiger partial charge in [-0.15, -0.1) is 0 Å². The summed E-state index contributed by atoms with van der Waals surface area (Å²) in [5.41, 5.74) is 0. The summed E-state index contributed by atoms with van der Waals surface area (Å²) >= 11 is 5.60. The number of hydrogen-bond acceptors (Lipinski definition) is 9. The van der Waals surface area contributed by atoms with Gasteiger partial charge in [0.15, 0.2) is 0 Å². The van der Waals surface area contributed by atoms with Crippen molar-refractivity contribution in [1.29, 1.82) is 0 Å². The van der Waals surface area contributed by atoms with Crippen molar-refractivity contribution in [2.24, 2.45) is 0 Å². The topological polar surface area (TPSA) is 55.4 Å². The van der Waals surface area contributed by atoms with Crippen molar-refractivity contribution >= 4 is 51.0 Å². The monoisotopic (exact) mass is 472 g/mol. The van der Waals surface area contributed by atoms with Crippen LogP contribution in [0.1, 0.15) is 20.8 Å². The molecule has 0 saturated carbocycles. The number of ether oxygens (including phenoxy) is 3. The number of rotatable bonds is 24. The normalized spacial score (nSPS) is 10.9. The summed E-state index contributed by atoms with van der Waals surface area (Å²) < 4.78 is 33.5. The summed E-state index contributed by atoms with van der Waals surface area (Å²) in [6.45, 7) is 11.5. The van der Waals surface area contributed by atoms with Crippen molar-refractivity contribution in [3.8, 4) is 0 Å². The molecule has 0 N–H and O–H groups in total. The molecule has 0 aliphatic carbocycles. The van der Waals surface area contributed by atoms with Gasteiger partial charge in [-0.1, -0.05) is 20.8 Å². The fraction of sp³-hybridized carbons (Fsp3) is 1.00. The van der Waals surface area contributed by atoms with E-state index in [9.17, 15) is 0 Å². The van der Waals surface area contributed by atoms with Crippen LogP contribution in [0.4, 0.5) is 0 Å². The summed E-state index contributed by atoms with van der Waals surface area (Å²) in [7, 11) is -0.712. The second-order valence-corrected chi connectivity index (χ2v) is 9.51. The van der Waals surface area contributed by atoms with Gasteiger partial charge in [0.05, 0.1) is 67.9 Å². The van der Waals surface area contributed by atoms with Gasteiger partial charge in [0, 0.05) is 17.3 Å². The maximum absolute atomic E-state index is 5.64. The van der Waals surface area contributed by atoms with Crippen molar-refractivity contribution in [3.05, 3.63) is 0 Å². The Morgan fingerprint density at radius 3 is 1.07 bits per heavy atom. The van der Waals surface area contributed by atoms with Crippen LogP contribution in [-0.2, 0) is 28.2 Å². The Hall–Kier alpha value is 0.940. The van der Waals surface area contributed by atoms with E-state index in [1.807, 2.05) is 35.3 Å². The lowest BCUT2D eigenvalue weighted by Gasteiger charge is -2.15. The Labute approximate surface area is 193 Å². The fourth-order valence-corrected chi connectivity index (χ4v) is 3.42. The summed E-state index contributed by atoms with van der Waals surface area (Å²) in [4.78, 5) is 0. The average Bonchev–Trinajstić information content (AvgIpc) is 2.71. The molecule has 0 aliphatic heterocycles. The van der Waals surface area contributed by atoms with Crippen LogP contribution in [0.25, 0.3) is 0 Å². The van der Waals surface area contributed by atoms with E-state index in [0.29, 0.717) is 39.6 Å². The third-order valence-corrected chi connectivity index (χ3v) is 5.76. The predicted octanol–water partition coefficient (Wildman–Crippen LogP) is 2.15. The molecule has 0 aromatic rings. The van der Waals surface area contributed by atoms with Gasteiger partial charge in [-0.25, -0.2) is 0 Å². The summed E-state index contributed by atoms with van der Waals surface area (Å²) in [6, 6.07) is 0. The van der Waals surface area contributed by atoms with Gasteiger partial charge in [-0.3, -0.25) is 0 Å². The first-order chi connectivity index (χ1) is 13.8. The van der Waals surface area contributed by atoms with Crippen LogP contribution in [0.2, 0.25) is 0 Å². The molecule has 11 heteroatoms. The van der Waals surface area contributed by atoms with Crippen LogP contribution >= 0.6 is 35.3 Å². The van der Waals surface area contributed by atoms with E-state index >= 15 is 0 Å². The molecule has 0 fully saturated rings. The van der Waals surface area contributed by atoms with E-state index in [-0.39, 0.29) is 8.41 Å².